The van der Waals surface area contributed by atoms with Gasteiger partial charge in [-0.05, 0) is 37.5 Å². The Hall–Kier alpha value is -3.89. The van der Waals surface area contributed by atoms with Crippen molar-refractivity contribution in [2.75, 3.05) is 12.3 Å². The minimum Gasteiger partial charge on any atom is -0.387 e. The first kappa shape index (κ1) is 26.7. The summed E-state index contributed by atoms with van der Waals surface area (Å²) in [7, 11) is 0. The zero-order chi connectivity index (χ0) is 27.7. The van der Waals surface area contributed by atoms with E-state index in [0.717, 1.165) is 38.1 Å². The highest BCUT2D eigenvalue weighted by Gasteiger charge is 2.47. The van der Waals surface area contributed by atoms with E-state index >= 15 is 0 Å². The van der Waals surface area contributed by atoms with Crippen LogP contribution in [0.5, 0.6) is 0 Å². The Morgan fingerprint density at radius 1 is 0.846 bits per heavy atom. The number of aromatic nitrogens is 3. The van der Waals surface area contributed by atoms with Crippen molar-refractivity contribution in [3.8, 4) is 0 Å². The molecule has 9 heteroatoms. The number of nitrogens with zero attached hydrogens (tertiary/aromatic N) is 3. The van der Waals surface area contributed by atoms with E-state index in [1.165, 1.54) is 6.20 Å². The Bertz CT molecular complexity index is 1380. The van der Waals surface area contributed by atoms with Crippen LogP contribution in [0.15, 0.2) is 83.8 Å². The summed E-state index contributed by atoms with van der Waals surface area (Å²) in [4.78, 5) is 16.0. The molecule has 202 valence electrons. The molecule has 1 aliphatic heterocycles. The molecule has 0 radical (unpaired) electrons. The van der Waals surface area contributed by atoms with Crippen LogP contribution in [-0.2, 0) is 15.1 Å². The first-order valence-electron chi connectivity index (χ1n) is 12.8. The van der Waals surface area contributed by atoms with E-state index in [4.69, 9.17) is 15.2 Å². The molecule has 0 spiro atoms. The molecule has 4 aromatic rings. The average molecular weight is 529 g/mol. The van der Waals surface area contributed by atoms with Crippen LogP contribution in [0.25, 0.3) is 0 Å². The molecule has 4 atom stereocenters. The third kappa shape index (κ3) is 5.09. The zero-order valence-corrected chi connectivity index (χ0v) is 22.1. The number of aliphatic hydroxyl groups excluding tert-OH is 2. The molecule has 0 bridgehead atoms. The predicted octanol–water partition coefficient (Wildman–Crippen LogP) is 2.77. The summed E-state index contributed by atoms with van der Waals surface area (Å²) in [6.45, 7) is 5.98. The van der Waals surface area contributed by atoms with Crippen molar-refractivity contribution in [1.29, 1.82) is 0 Å². The molecule has 39 heavy (non-hydrogen) atoms. The molecular formula is C30H32N4O5. The molecule has 4 N–H and O–H groups in total. The van der Waals surface area contributed by atoms with Gasteiger partial charge in [0.2, 0.25) is 0 Å². The van der Waals surface area contributed by atoms with Crippen LogP contribution >= 0.6 is 0 Å². The fourth-order valence-corrected chi connectivity index (χ4v) is 4.93. The number of rotatable bonds is 7. The number of ether oxygens (including phenoxy) is 2. The van der Waals surface area contributed by atoms with Crippen molar-refractivity contribution in [3.63, 3.8) is 0 Å². The maximum absolute atomic E-state index is 12.3. The lowest BCUT2D eigenvalue weighted by Gasteiger charge is -2.37. The monoisotopic (exact) mass is 528 g/mol. The van der Waals surface area contributed by atoms with Crippen LogP contribution in [0.3, 0.4) is 0 Å². The van der Waals surface area contributed by atoms with E-state index in [0.29, 0.717) is 0 Å². The zero-order valence-electron chi connectivity index (χ0n) is 22.1. The number of benzene rings is 3. The molecule has 2 heterocycles. The van der Waals surface area contributed by atoms with Crippen molar-refractivity contribution in [2.45, 2.75) is 50.9 Å². The third-order valence-electron chi connectivity index (χ3n) is 7.15. The highest BCUT2D eigenvalue weighted by molar-refractivity contribution is 5.49. The van der Waals surface area contributed by atoms with E-state index in [1.54, 1.807) is 0 Å². The molecular weight excluding hydrogens is 496 g/mol. The fourth-order valence-electron chi connectivity index (χ4n) is 4.93. The van der Waals surface area contributed by atoms with Gasteiger partial charge >= 0.3 is 5.69 Å². The van der Waals surface area contributed by atoms with Crippen molar-refractivity contribution in [3.05, 3.63) is 123 Å². The number of hydrogen-bond donors (Lipinski definition) is 3. The normalized spacial score (nSPS) is 21.3. The van der Waals surface area contributed by atoms with Crippen molar-refractivity contribution in [2.24, 2.45) is 0 Å². The molecule has 1 fully saturated rings. The number of nitrogens with two attached hydrogens (primary N) is 1. The Morgan fingerprint density at radius 3 is 1.74 bits per heavy atom. The molecule has 3 aromatic carbocycles. The van der Waals surface area contributed by atoms with Crippen molar-refractivity contribution >= 4 is 5.82 Å². The minimum atomic E-state index is -1.43. The second-order valence-corrected chi connectivity index (χ2v) is 10.0. The summed E-state index contributed by atoms with van der Waals surface area (Å²) >= 11 is 0. The highest BCUT2D eigenvalue weighted by Crippen LogP contribution is 2.42. The van der Waals surface area contributed by atoms with Gasteiger partial charge in [0.15, 0.2) is 6.23 Å². The maximum atomic E-state index is 12.3. The van der Waals surface area contributed by atoms with Gasteiger partial charge in [0.1, 0.15) is 29.7 Å². The largest absolute Gasteiger partial charge is 0.387 e. The second kappa shape index (κ2) is 10.7. The van der Waals surface area contributed by atoms with Crippen LogP contribution in [0.1, 0.15) is 39.6 Å². The lowest BCUT2D eigenvalue weighted by Crippen LogP contribution is -2.40. The number of nitrogen functional groups attached to an aromatic ring is 1. The number of anilines is 1. The van der Waals surface area contributed by atoms with Gasteiger partial charge in [-0.25, -0.2) is 4.79 Å². The van der Waals surface area contributed by atoms with Gasteiger partial charge in [0.05, 0.1) is 12.8 Å². The van der Waals surface area contributed by atoms with E-state index in [-0.39, 0.29) is 12.4 Å². The fraction of sp³-hybridized carbons (Fsp3) is 0.300. The summed E-state index contributed by atoms with van der Waals surface area (Å²) in [5, 5.41) is 25.6. The molecule has 0 aliphatic carbocycles. The van der Waals surface area contributed by atoms with E-state index < -0.39 is 35.8 Å². The Morgan fingerprint density at radius 2 is 1.31 bits per heavy atom. The Balaban J connectivity index is 1.56. The van der Waals surface area contributed by atoms with Crippen LogP contribution in [0.4, 0.5) is 5.82 Å². The third-order valence-corrected chi connectivity index (χ3v) is 7.15. The van der Waals surface area contributed by atoms with E-state index in [2.05, 4.69) is 10.1 Å². The first-order chi connectivity index (χ1) is 18.7. The van der Waals surface area contributed by atoms with Gasteiger partial charge in [-0.2, -0.15) is 14.8 Å². The topological polar surface area (TPSA) is 133 Å². The quantitative estimate of drug-likeness (QED) is 0.312. The van der Waals surface area contributed by atoms with Gasteiger partial charge in [-0.3, -0.25) is 0 Å². The number of hydrogen-bond acceptors (Lipinski definition) is 8. The number of aryl methyl sites for hydroxylation is 3. The Labute approximate surface area is 226 Å². The molecule has 1 saturated heterocycles. The van der Waals surface area contributed by atoms with Crippen molar-refractivity contribution < 1.29 is 19.7 Å². The lowest BCUT2D eigenvalue weighted by molar-refractivity contribution is -0.0988. The smallest absolute Gasteiger partial charge is 0.368 e. The SMILES string of the molecule is Cc1ccc(C(OC[C@H]2O[C@@H](n3ncc(N)nc3=O)[C@@H](O)[C@@H]2O)(c2ccc(C)cc2)c2ccc(C)cc2)cc1. The lowest BCUT2D eigenvalue weighted by atomic mass is 9.79. The minimum absolute atomic E-state index is 0.0526. The highest BCUT2D eigenvalue weighted by atomic mass is 16.6. The van der Waals surface area contributed by atoms with Gasteiger partial charge in [-0.15, -0.1) is 0 Å². The molecule has 0 unspecified atom stereocenters. The molecule has 1 aromatic heterocycles. The van der Waals surface area contributed by atoms with E-state index in [1.807, 2.05) is 93.6 Å². The molecule has 5 rings (SSSR count). The summed E-state index contributed by atoms with van der Waals surface area (Å²) < 4.78 is 13.6. The first-order valence-corrected chi connectivity index (χ1v) is 12.8. The van der Waals surface area contributed by atoms with Crippen LogP contribution < -0.4 is 11.4 Å². The predicted molar refractivity (Wildman–Crippen MR) is 146 cm³/mol. The van der Waals surface area contributed by atoms with Crippen molar-refractivity contribution in [1.82, 2.24) is 14.8 Å². The maximum Gasteiger partial charge on any atom is 0.368 e. The van der Waals surface area contributed by atoms with Crippen LogP contribution in [-0.4, -0.2) is 49.9 Å². The van der Waals surface area contributed by atoms with Gasteiger partial charge in [0.25, 0.3) is 0 Å². The van der Waals surface area contributed by atoms with Crippen LogP contribution in [0.2, 0.25) is 0 Å². The van der Waals surface area contributed by atoms with Gasteiger partial charge < -0.3 is 25.4 Å². The molecule has 1 aliphatic rings. The summed E-state index contributed by atoms with van der Waals surface area (Å²) in [5.74, 6) is -0.0526. The summed E-state index contributed by atoms with van der Waals surface area (Å²) in [6.07, 6.45) is -3.79. The molecule has 9 nitrogen and oxygen atoms in total. The van der Waals surface area contributed by atoms with Gasteiger partial charge in [-0.1, -0.05) is 89.5 Å². The average Bonchev–Trinajstić information content (AvgIpc) is 3.20. The summed E-state index contributed by atoms with van der Waals surface area (Å²) in [5.41, 5.74) is 9.70. The number of aliphatic hydroxyl groups is 2. The van der Waals surface area contributed by atoms with E-state index in [9.17, 15) is 15.0 Å². The second-order valence-electron chi connectivity index (χ2n) is 10.0. The molecule has 0 saturated carbocycles. The Kier molecular flexibility index (Phi) is 7.33. The van der Waals surface area contributed by atoms with Gasteiger partial charge in [0, 0.05) is 0 Å². The standard InChI is InChI=1S/C30H32N4O5/c1-18-4-10-21(11-5-18)30(22-12-6-19(2)7-13-22,23-14-8-20(3)9-15-23)38-17-24-26(35)27(36)28(39-24)34-29(37)33-25(31)16-32-34/h4-16,24,26-28,35-36H,17H2,1-3H3,(H2,31,33,37)/t24-,26-,27+,28-/m1/s1. The van der Waals surface area contributed by atoms with Crippen LogP contribution in [0, 0.1) is 20.8 Å². The molecule has 0 amide bonds. The summed E-state index contributed by atoms with van der Waals surface area (Å²) in [6, 6.07) is 24.4.